The molecule has 0 saturated carbocycles. The maximum absolute atomic E-state index is 5.79. The molecule has 1 atom stereocenters. The predicted octanol–water partition coefficient (Wildman–Crippen LogP) is 2.99. The van der Waals surface area contributed by atoms with Crippen LogP contribution >= 0.6 is 0 Å². The summed E-state index contributed by atoms with van der Waals surface area (Å²) in [5.41, 5.74) is 8.84. The zero-order valence-electron chi connectivity index (χ0n) is 10.8. The lowest BCUT2D eigenvalue weighted by molar-refractivity contribution is 0.301. The first-order chi connectivity index (χ1) is 8.65. The molecule has 0 bridgehead atoms. The summed E-state index contributed by atoms with van der Waals surface area (Å²) in [6.07, 6.45) is 0. The third kappa shape index (κ3) is 3.31. The van der Waals surface area contributed by atoms with Gasteiger partial charge in [0.1, 0.15) is 12.4 Å². The summed E-state index contributed by atoms with van der Waals surface area (Å²) in [6.45, 7) is 4.42. The van der Waals surface area contributed by atoms with Crippen LogP contribution in [0.15, 0.2) is 42.5 Å². The van der Waals surface area contributed by atoms with Crippen molar-refractivity contribution >= 4 is 0 Å². The molecule has 0 aliphatic carbocycles. The highest BCUT2D eigenvalue weighted by atomic mass is 16.5. The van der Waals surface area contributed by atoms with E-state index in [-0.39, 0.29) is 6.04 Å². The average molecular weight is 242 g/mol. The van der Waals surface area contributed by atoms with Crippen LogP contribution in [0.5, 0.6) is 5.75 Å². The van der Waals surface area contributed by atoms with Crippen LogP contribution in [0.1, 0.15) is 29.9 Å². The van der Waals surface area contributed by atoms with Crippen molar-refractivity contribution < 1.29 is 4.74 Å². The number of nitrogens with zero attached hydrogens (tertiary/aromatic N) is 1. The van der Waals surface area contributed by atoms with Gasteiger partial charge in [0.2, 0.25) is 0 Å². The van der Waals surface area contributed by atoms with E-state index in [1.807, 2.05) is 56.3 Å². The van der Waals surface area contributed by atoms with Crippen molar-refractivity contribution in [2.75, 3.05) is 0 Å². The Kier molecular flexibility index (Phi) is 3.95. The molecule has 0 radical (unpaired) electrons. The second-order valence-corrected chi connectivity index (χ2v) is 4.42. The Labute approximate surface area is 108 Å². The Balaban J connectivity index is 1.98. The highest BCUT2D eigenvalue weighted by Gasteiger charge is 2.00. The minimum absolute atomic E-state index is 0.0532. The van der Waals surface area contributed by atoms with Gasteiger partial charge in [0.05, 0.1) is 5.69 Å². The smallest absolute Gasteiger partial charge is 0.130 e. The summed E-state index contributed by atoms with van der Waals surface area (Å²) < 4.78 is 5.68. The third-order valence-corrected chi connectivity index (χ3v) is 2.74. The average Bonchev–Trinajstić information content (AvgIpc) is 2.37. The number of hydrogen-bond acceptors (Lipinski definition) is 3. The molecule has 0 spiro atoms. The van der Waals surface area contributed by atoms with Crippen LogP contribution in [0.2, 0.25) is 0 Å². The van der Waals surface area contributed by atoms with Gasteiger partial charge >= 0.3 is 0 Å². The molecule has 1 heterocycles. The molecule has 3 heteroatoms. The minimum Gasteiger partial charge on any atom is -0.487 e. The fourth-order valence-corrected chi connectivity index (χ4v) is 1.70. The van der Waals surface area contributed by atoms with Crippen molar-refractivity contribution in [2.24, 2.45) is 5.73 Å². The van der Waals surface area contributed by atoms with E-state index in [9.17, 15) is 0 Å². The number of ether oxygens (including phenoxy) is 1. The van der Waals surface area contributed by atoms with Gasteiger partial charge in [-0.2, -0.15) is 0 Å². The van der Waals surface area contributed by atoms with Crippen LogP contribution in [0.3, 0.4) is 0 Å². The van der Waals surface area contributed by atoms with Gasteiger partial charge in [-0.25, -0.2) is 0 Å². The first kappa shape index (κ1) is 12.6. The Morgan fingerprint density at radius 2 is 1.89 bits per heavy atom. The van der Waals surface area contributed by atoms with Crippen LogP contribution in [0.25, 0.3) is 0 Å². The molecule has 0 amide bonds. The van der Waals surface area contributed by atoms with Crippen molar-refractivity contribution in [1.29, 1.82) is 0 Å². The lowest BCUT2D eigenvalue weighted by Crippen LogP contribution is -2.04. The highest BCUT2D eigenvalue weighted by molar-refractivity contribution is 5.28. The molecule has 0 fully saturated rings. The fourth-order valence-electron chi connectivity index (χ4n) is 1.70. The maximum Gasteiger partial charge on any atom is 0.130 e. The van der Waals surface area contributed by atoms with Crippen LogP contribution in [-0.2, 0) is 6.61 Å². The molecule has 2 rings (SSSR count). The largest absolute Gasteiger partial charge is 0.487 e. The second kappa shape index (κ2) is 5.65. The molecule has 0 unspecified atom stereocenters. The van der Waals surface area contributed by atoms with Crippen molar-refractivity contribution in [3.63, 3.8) is 0 Å². The lowest BCUT2D eigenvalue weighted by Gasteiger charge is -2.09. The molecule has 0 aliphatic rings. The van der Waals surface area contributed by atoms with E-state index in [0.29, 0.717) is 6.61 Å². The second-order valence-electron chi connectivity index (χ2n) is 4.42. The summed E-state index contributed by atoms with van der Waals surface area (Å²) >= 11 is 0. The molecule has 94 valence electrons. The van der Waals surface area contributed by atoms with Gasteiger partial charge in [0.25, 0.3) is 0 Å². The SMILES string of the molecule is Cc1cccc(COc2ccc([C@@H](C)N)cc2)n1. The number of nitrogens with two attached hydrogens (primary N) is 1. The first-order valence-electron chi connectivity index (χ1n) is 6.06. The number of hydrogen-bond donors (Lipinski definition) is 1. The predicted molar refractivity (Wildman–Crippen MR) is 72.4 cm³/mol. The summed E-state index contributed by atoms with van der Waals surface area (Å²) in [5, 5.41) is 0. The zero-order valence-corrected chi connectivity index (χ0v) is 10.8. The molecule has 18 heavy (non-hydrogen) atoms. The summed E-state index contributed by atoms with van der Waals surface area (Å²) in [7, 11) is 0. The number of benzene rings is 1. The van der Waals surface area contributed by atoms with E-state index < -0.39 is 0 Å². The molecular weight excluding hydrogens is 224 g/mol. The van der Waals surface area contributed by atoms with Crippen LogP contribution in [0, 0.1) is 6.92 Å². The first-order valence-corrected chi connectivity index (χ1v) is 6.06. The van der Waals surface area contributed by atoms with Gasteiger partial charge in [-0.05, 0) is 43.7 Å². The number of rotatable bonds is 4. The van der Waals surface area contributed by atoms with Gasteiger partial charge in [-0.3, -0.25) is 4.98 Å². The molecule has 0 saturated heterocycles. The molecule has 0 aliphatic heterocycles. The van der Waals surface area contributed by atoms with Crippen LogP contribution < -0.4 is 10.5 Å². The van der Waals surface area contributed by atoms with Crippen LogP contribution in [-0.4, -0.2) is 4.98 Å². The highest BCUT2D eigenvalue weighted by Crippen LogP contribution is 2.17. The van der Waals surface area contributed by atoms with Crippen molar-refractivity contribution in [3.8, 4) is 5.75 Å². The fraction of sp³-hybridized carbons (Fsp3) is 0.267. The van der Waals surface area contributed by atoms with Gasteiger partial charge in [-0.15, -0.1) is 0 Å². The lowest BCUT2D eigenvalue weighted by atomic mass is 10.1. The van der Waals surface area contributed by atoms with E-state index in [1.54, 1.807) is 0 Å². The number of aryl methyl sites for hydroxylation is 1. The van der Waals surface area contributed by atoms with Crippen molar-refractivity contribution in [3.05, 3.63) is 59.4 Å². The van der Waals surface area contributed by atoms with Gasteiger partial charge in [0, 0.05) is 11.7 Å². The Bertz CT molecular complexity index is 506. The van der Waals surface area contributed by atoms with Gasteiger partial charge in [0.15, 0.2) is 0 Å². The van der Waals surface area contributed by atoms with E-state index >= 15 is 0 Å². The topological polar surface area (TPSA) is 48.1 Å². The molecule has 1 aromatic heterocycles. The number of aromatic nitrogens is 1. The summed E-state index contributed by atoms with van der Waals surface area (Å²) in [6, 6.07) is 13.8. The maximum atomic E-state index is 5.79. The summed E-state index contributed by atoms with van der Waals surface area (Å²) in [5.74, 6) is 0.836. The van der Waals surface area contributed by atoms with Gasteiger partial charge < -0.3 is 10.5 Å². The van der Waals surface area contributed by atoms with Crippen molar-refractivity contribution in [2.45, 2.75) is 26.5 Å². The van der Waals surface area contributed by atoms with Crippen molar-refractivity contribution in [1.82, 2.24) is 4.98 Å². The molecule has 3 nitrogen and oxygen atoms in total. The molecule has 2 aromatic rings. The standard InChI is InChI=1S/C15H18N2O/c1-11-4-3-5-14(17-11)10-18-15-8-6-13(7-9-15)12(2)16/h3-9,12H,10,16H2,1-2H3/t12-/m1/s1. The summed E-state index contributed by atoms with van der Waals surface area (Å²) in [4.78, 5) is 4.39. The molecule has 1 aromatic carbocycles. The molecule has 2 N–H and O–H groups in total. The normalized spacial score (nSPS) is 12.2. The van der Waals surface area contributed by atoms with Crippen LogP contribution in [0.4, 0.5) is 0 Å². The van der Waals surface area contributed by atoms with E-state index in [1.165, 1.54) is 0 Å². The van der Waals surface area contributed by atoms with E-state index in [2.05, 4.69) is 4.98 Å². The monoisotopic (exact) mass is 242 g/mol. The van der Waals surface area contributed by atoms with E-state index in [4.69, 9.17) is 10.5 Å². The Hall–Kier alpha value is -1.87. The Morgan fingerprint density at radius 3 is 2.50 bits per heavy atom. The molecular formula is C15H18N2O. The zero-order chi connectivity index (χ0) is 13.0. The Morgan fingerprint density at radius 1 is 1.17 bits per heavy atom. The minimum atomic E-state index is 0.0532. The third-order valence-electron chi connectivity index (χ3n) is 2.74. The number of pyridine rings is 1. The van der Waals surface area contributed by atoms with E-state index in [0.717, 1.165) is 22.7 Å². The quantitative estimate of drug-likeness (QED) is 0.896. The van der Waals surface area contributed by atoms with Gasteiger partial charge in [-0.1, -0.05) is 18.2 Å².